The Morgan fingerprint density at radius 1 is 1.29 bits per heavy atom. The van der Waals surface area contributed by atoms with Gasteiger partial charge < -0.3 is 5.32 Å². The number of rotatable bonds is 4. The molecule has 2 aromatic rings. The molecular formula is C13H13Cl2NS. The molecule has 0 saturated heterocycles. The molecule has 90 valence electrons. The van der Waals surface area contributed by atoms with Crippen LogP contribution in [-0.2, 0) is 6.42 Å². The lowest BCUT2D eigenvalue weighted by Gasteiger charge is -2.16. The van der Waals surface area contributed by atoms with Crippen LogP contribution in [0.5, 0.6) is 0 Å². The van der Waals surface area contributed by atoms with Crippen LogP contribution in [0.3, 0.4) is 0 Å². The predicted octanol–water partition coefficient (Wildman–Crippen LogP) is 4.56. The van der Waals surface area contributed by atoms with Crippen molar-refractivity contribution < 1.29 is 0 Å². The van der Waals surface area contributed by atoms with Crippen LogP contribution < -0.4 is 5.32 Å². The van der Waals surface area contributed by atoms with Crippen LogP contribution in [0.15, 0.2) is 35.0 Å². The van der Waals surface area contributed by atoms with E-state index >= 15 is 0 Å². The van der Waals surface area contributed by atoms with Gasteiger partial charge in [0.2, 0.25) is 0 Å². The van der Waals surface area contributed by atoms with Gasteiger partial charge in [0.05, 0.1) is 0 Å². The van der Waals surface area contributed by atoms with Crippen molar-refractivity contribution in [2.75, 3.05) is 7.05 Å². The Hall–Kier alpha value is -0.540. The molecule has 0 amide bonds. The average Bonchev–Trinajstić information content (AvgIpc) is 2.84. The van der Waals surface area contributed by atoms with Crippen molar-refractivity contribution in [1.29, 1.82) is 0 Å². The minimum Gasteiger partial charge on any atom is -0.313 e. The highest BCUT2D eigenvalue weighted by Crippen LogP contribution is 2.26. The van der Waals surface area contributed by atoms with E-state index in [0.29, 0.717) is 0 Å². The molecule has 0 bridgehead atoms. The Bertz CT molecular complexity index is 482. The minimum absolute atomic E-state index is 0.275. The topological polar surface area (TPSA) is 12.0 Å². The lowest BCUT2D eigenvalue weighted by Crippen LogP contribution is -2.18. The number of benzene rings is 1. The van der Waals surface area contributed by atoms with E-state index in [0.717, 1.165) is 22.0 Å². The van der Waals surface area contributed by atoms with Crippen molar-refractivity contribution in [3.8, 4) is 0 Å². The van der Waals surface area contributed by atoms with Crippen LogP contribution >= 0.6 is 34.5 Å². The van der Waals surface area contributed by atoms with Crippen LogP contribution in [0, 0.1) is 0 Å². The first-order chi connectivity index (χ1) is 8.20. The molecule has 1 nitrogen and oxygen atoms in total. The highest BCUT2D eigenvalue weighted by atomic mass is 35.5. The number of hydrogen-bond acceptors (Lipinski definition) is 2. The van der Waals surface area contributed by atoms with Gasteiger partial charge in [0, 0.05) is 16.1 Å². The molecule has 0 aliphatic heterocycles. The molecular weight excluding hydrogens is 273 g/mol. The summed E-state index contributed by atoms with van der Waals surface area (Å²) in [5, 5.41) is 9.03. The molecule has 1 N–H and O–H groups in total. The summed E-state index contributed by atoms with van der Waals surface area (Å²) in [7, 11) is 1.96. The summed E-state index contributed by atoms with van der Waals surface area (Å²) in [6.07, 6.45) is 0.840. The van der Waals surface area contributed by atoms with Gasteiger partial charge in [-0.25, -0.2) is 0 Å². The summed E-state index contributed by atoms with van der Waals surface area (Å²) in [6.45, 7) is 0. The zero-order chi connectivity index (χ0) is 12.3. The fraction of sp³-hybridized carbons (Fsp3) is 0.231. The Morgan fingerprint density at radius 2 is 2.12 bits per heavy atom. The van der Waals surface area contributed by atoms with Crippen LogP contribution in [0.2, 0.25) is 10.0 Å². The van der Waals surface area contributed by atoms with Crippen molar-refractivity contribution in [1.82, 2.24) is 5.32 Å². The van der Waals surface area contributed by atoms with E-state index in [4.69, 9.17) is 23.2 Å². The molecule has 4 heteroatoms. The van der Waals surface area contributed by atoms with E-state index in [2.05, 4.69) is 22.1 Å². The number of thiophene rings is 1. The molecule has 0 fully saturated rings. The van der Waals surface area contributed by atoms with E-state index in [1.165, 1.54) is 5.56 Å². The van der Waals surface area contributed by atoms with E-state index in [9.17, 15) is 0 Å². The molecule has 1 aromatic heterocycles. The molecule has 1 atom stereocenters. The van der Waals surface area contributed by atoms with Crippen LogP contribution in [0.1, 0.15) is 17.2 Å². The third-order valence-corrected chi connectivity index (χ3v) is 4.03. The Kier molecular flexibility index (Phi) is 4.46. The van der Waals surface area contributed by atoms with Crippen LogP contribution in [0.4, 0.5) is 0 Å². The fourth-order valence-corrected chi connectivity index (χ4v) is 2.88. The minimum atomic E-state index is 0.275. The number of halogens is 2. The third kappa shape index (κ3) is 3.23. The first kappa shape index (κ1) is 12.9. The first-order valence-corrected chi connectivity index (χ1v) is 7.04. The van der Waals surface area contributed by atoms with Crippen molar-refractivity contribution in [2.45, 2.75) is 12.5 Å². The highest BCUT2D eigenvalue weighted by Gasteiger charge is 2.12. The van der Waals surface area contributed by atoms with E-state index < -0.39 is 0 Å². The van der Waals surface area contributed by atoms with Crippen molar-refractivity contribution in [3.05, 3.63) is 56.2 Å². The van der Waals surface area contributed by atoms with E-state index in [-0.39, 0.29) is 6.04 Å². The molecule has 1 heterocycles. The van der Waals surface area contributed by atoms with Crippen LogP contribution in [0.25, 0.3) is 0 Å². The maximum Gasteiger partial charge on any atom is 0.0439 e. The monoisotopic (exact) mass is 285 g/mol. The smallest absolute Gasteiger partial charge is 0.0439 e. The van der Waals surface area contributed by atoms with Crippen molar-refractivity contribution in [2.24, 2.45) is 0 Å². The molecule has 0 aliphatic carbocycles. The zero-order valence-electron chi connectivity index (χ0n) is 9.41. The Balaban J connectivity index is 2.21. The third-order valence-electron chi connectivity index (χ3n) is 2.73. The second kappa shape index (κ2) is 5.87. The summed E-state index contributed by atoms with van der Waals surface area (Å²) >= 11 is 13.9. The zero-order valence-corrected chi connectivity index (χ0v) is 11.7. The lowest BCUT2D eigenvalue weighted by molar-refractivity contribution is 0.594. The van der Waals surface area contributed by atoms with Crippen molar-refractivity contribution >= 4 is 34.5 Å². The second-order valence-electron chi connectivity index (χ2n) is 3.84. The number of likely N-dealkylation sites (N-methyl/N-ethyl adjacent to an activating group) is 1. The average molecular weight is 286 g/mol. The first-order valence-electron chi connectivity index (χ1n) is 5.34. The standard InChI is InChI=1S/C13H13Cl2NS/c1-16-13(9-4-5-17-8-9)7-10-6-11(14)2-3-12(10)15/h2-6,8,13,16H,7H2,1H3. The summed E-state index contributed by atoms with van der Waals surface area (Å²) in [5.74, 6) is 0. The number of nitrogens with one attached hydrogen (secondary N) is 1. The summed E-state index contributed by atoms with van der Waals surface area (Å²) in [5.41, 5.74) is 2.36. The predicted molar refractivity (Wildman–Crippen MR) is 76.3 cm³/mol. The van der Waals surface area contributed by atoms with Gasteiger partial charge in [-0.05, 0) is 59.6 Å². The maximum atomic E-state index is 6.17. The molecule has 0 aliphatic rings. The van der Waals surface area contributed by atoms with E-state index in [1.54, 1.807) is 11.3 Å². The van der Waals surface area contributed by atoms with Gasteiger partial charge in [0.1, 0.15) is 0 Å². The number of hydrogen-bond donors (Lipinski definition) is 1. The summed E-state index contributed by atoms with van der Waals surface area (Å²) in [4.78, 5) is 0. The molecule has 2 rings (SSSR count). The lowest BCUT2D eigenvalue weighted by atomic mass is 10.0. The largest absolute Gasteiger partial charge is 0.313 e. The second-order valence-corrected chi connectivity index (χ2v) is 5.46. The van der Waals surface area contributed by atoms with Gasteiger partial charge in [0.15, 0.2) is 0 Å². The summed E-state index contributed by atoms with van der Waals surface area (Å²) < 4.78 is 0. The molecule has 0 spiro atoms. The van der Waals surface area contributed by atoms with Gasteiger partial charge in [-0.3, -0.25) is 0 Å². The van der Waals surface area contributed by atoms with Crippen LogP contribution in [-0.4, -0.2) is 7.05 Å². The SMILES string of the molecule is CNC(Cc1cc(Cl)ccc1Cl)c1ccsc1. The molecule has 1 aromatic carbocycles. The van der Waals surface area contributed by atoms with Gasteiger partial charge in [-0.1, -0.05) is 23.2 Å². The van der Waals surface area contributed by atoms with Gasteiger partial charge in [-0.15, -0.1) is 0 Å². The normalized spacial score (nSPS) is 12.6. The molecule has 0 radical (unpaired) electrons. The molecule has 0 saturated carbocycles. The Morgan fingerprint density at radius 3 is 2.76 bits per heavy atom. The quantitative estimate of drug-likeness (QED) is 0.869. The molecule has 17 heavy (non-hydrogen) atoms. The van der Waals surface area contributed by atoms with Gasteiger partial charge >= 0.3 is 0 Å². The highest BCUT2D eigenvalue weighted by molar-refractivity contribution is 7.07. The maximum absolute atomic E-state index is 6.17. The summed E-state index contributed by atoms with van der Waals surface area (Å²) in [6, 6.07) is 7.99. The van der Waals surface area contributed by atoms with Crippen molar-refractivity contribution in [3.63, 3.8) is 0 Å². The van der Waals surface area contributed by atoms with Gasteiger partial charge in [0.25, 0.3) is 0 Å². The Labute approximate surface area is 115 Å². The fourth-order valence-electron chi connectivity index (χ4n) is 1.78. The van der Waals surface area contributed by atoms with E-state index in [1.807, 2.05) is 25.2 Å². The van der Waals surface area contributed by atoms with Gasteiger partial charge in [-0.2, -0.15) is 11.3 Å². The molecule has 1 unspecified atom stereocenters.